The van der Waals surface area contributed by atoms with Gasteiger partial charge in [-0.15, -0.1) is 0 Å². The molecule has 0 aromatic heterocycles. The van der Waals surface area contributed by atoms with Gasteiger partial charge in [0.05, 0.1) is 26.4 Å². The van der Waals surface area contributed by atoms with Gasteiger partial charge in [-0.3, -0.25) is 37.3 Å². The number of carbonyl (C=O) groups excluding carboxylic acids is 4. The molecule has 0 aromatic rings. The molecule has 0 heterocycles. The van der Waals surface area contributed by atoms with Gasteiger partial charge in [0.1, 0.15) is 19.3 Å². The number of ether oxygens (including phenoxy) is 4. The molecule has 2 unspecified atom stereocenters. The van der Waals surface area contributed by atoms with Crippen LogP contribution in [0.15, 0.2) is 0 Å². The number of aliphatic hydroxyl groups excluding tert-OH is 1. The molecular formula is C83H162O17P2. The van der Waals surface area contributed by atoms with Crippen LogP contribution in [-0.2, 0) is 65.4 Å². The lowest BCUT2D eigenvalue weighted by Gasteiger charge is -2.21. The quantitative estimate of drug-likeness (QED) is 0.0222. The van der Waals surface area contributed by atoms with E-state index in [4.69, 9.17) is 37.0 Å². The van der Waals surface area contributed by atoms with Crippen LogP contribution in [0.4, 0.5) is 0 Å². The topological polar surface area (TPSA) is 237 Å². The van der Waals surface area contributed by atoms with Crippen LogP contribution in [0.5, 0.6) is 0 Å². The molecule has 0 saturated heterocycles. The van der Waals surface area contributed by atoms with E-state index in [0.29, 0.717) is 25.7 Å². The lowest BCUT2D eigenvalue weighted by molar-refractivity contribution is -0.161. The molecule has 3 N–H and O–H groups in total. The summed E-state index contributed by atoms with van der Waals surface area (Å²) in [6, 6.07) is 0. The van der Waals surface area contributed by atoms with E-state index >= 15 is 0 Å². The highest BCUT2D eigenvalue weighted by Crippen LogP contribution is 2.45. The first-order valence-corrected chi connectivity index (χ1v) is 46.1. The Hall–Kier alpha value is -1.94. The summed E-state index contributed by atoms with van der Waals surface area (Å²) in [4.78, 5) is 73.1. The van der Waals surface area contributed by atoms with Gasteiger partial charge in [-0.1, -0.05) is 394 Å². The van der Waals surface area contributed by atoms with Crippen LogP contribution in [0.3, 0.4) is 0 Å². The van der Waals surface area contributed by atoms with Gasteiger partial charge in [0.2, 0.25) is 0 Å². The van der Waals surface area contributed by atoms with Gasteiger partial charge in [0, 0.05) is 25.7 Å². The minimum atomic E-state index is -4.96. The lowest BCUT2D eigenvalue weighted by atomic mass is 10.0. The summed E-state index contributed by atoms with van der Waals surface area (Å²) in [5, 5.41) is 10.7. The molecule has 0 bridgehead atoms. The van der Waals surface area contributed by atoms with Gasteiger partial charge in [-0.25, -0.2) is 9.13 Å². The van der Waals surface area contributed by atoms with Crippen molar-refractivity contribution in [3.05, 3.63) is 0 Å². The van der Waals surface area contributed by atoms with Crippen molar-refractivity contribution < 1.29 is 80.2 Å². The molecule has 0 aromatic carbocycles. The Balaban J connectivity index is 5.23. The summed E-state index contributed by atoms with van der Waals surface area (Å²) < 4.78 is 68.8. The highest BCUT2D eigenvalue weighted by atomic mass is 31.2. The van der Waals surface area contributed by atoms with E-state index in [1.165, 1.54) is 270 Å². The summed E-state index contributed by atoms with van der Waals surface area (Å²) in [7, 11) is -9.92. The van der Waals surface area contributed by atoms with Gasteiger partial charge >= 0.3 is 39.5 Å². The molecular weight excluding hydrogens is 1330 g/mol. The molecule has 19 heteroatoms. The van der Waals surface area contributed by atoms with E-state index in [-0.39, 0.29) is 25.7 Å². The predicted octanol–water partition coefficient (Wildman–Crippen LogP) is 25.2. The maximum Gasteiger partial charge on any atom is 0.472 e. The van der Waals surface area contributed by atoms with Crippen molar-refractivity contribution in [3.63, 3.8) is 0 Å². The SMILES string of the molecule is CCCCCCCCCCCCCCCCCCCCCC(=O)O[C@H](COC(=O)CCCCCCCCCCCCCCCCCCCC)COP(=O)(O)OC[C@@H](O)COP(=O)(O)OC[C@@H](COC(=O)CCCCCCCCCCCC)OC(=O)CCCCCCCCCCCCCCC(C)C. The summed E-state index contributed by atoms with van der Waals surface area (Å²) in [5.41, 5.74) is 0. The Labute approximate surface area is 626 Å². The number of esters is 4. The lowest BCUT2D eigenvalue weighted by Crippen LogP contribution is -2.30. The predicted molar refractivity (Wildman–Crippen MR) is 418 cm³/mol. The molecule has 0 amide bonds. The van der Waals surface area contributed by atoms with E-state index in [0.717, 1.165) is 95.8 Å². The Bertz CT molecular complexity index is 1940. The third kappa shape index (κ3) is 76.3. The fourth-order valence-electron chi connectivity index (χ4n) is 12.9. The Kier molecular flexibility index (Phi) is 74.4. The number of phosphoric ester groups is 2. The van der Waals surface area contributed by atoms with E-state index in [2.05, 4.69) is 34.6 Å². The minimum absolute atomic E-state index is 0.107. The molecule has 0 saturated carbocycles. The number of hydrogen-bond acceptors (Lipinski definition) is 15. The second kappa shape index (κ2) is 75.9. The van der Waals surface area contributed by atoms with Crippen LogP contribution in [0.1, 0.15) is 446 Å². The van der Waals surface area contributed by atoms with Crippen molar-refractivity contribution in [2.75, 3.05) is 39.6 Å². The molecule has 0 aliphatic heterocycles. The monoisotopic (exact) mass is 1490 g/mol. The normalized spacial score (nSPS) is 13.8. The first kappa shape index (κ1) is 100. The molecule has 17 nitrogen and oxygen atoms in total. The highest BCUT2D eigenvalue weighted by Gasteiger charge is 2.30. The van der Waals surface area contributed by atoms with Crippen molar-refractivity contribution in [3.8, 4) is 0 Å². The number of unbranched alkanes of at least 4 members (excludes halogenated alkanes) is 55. The van der Waals surface area contributed by atoms with E-state index in [1.807, 2.05) is 0 Å². The van der Waals surface area contributed by atoms with Gasteiger partial charge < -0.3 is 33.8 Å². The van der Waals surface area contributed by atoms with Crippen molar-refractivity contribution >= 4 is 39.5 Å². The second-order valence-electron chi connectivity index (χ2n) is 30.3. The number of phosphoric acid groups is 2. The van der Waals surface area contributed by atoms with Crippen LogP contribution >= 0.6 is 15.6 Å². The van der Waals surface area contributed by atoms with E-state index < -0.39 is 97.5 Å². The fraction of sp³-hybridized carbons (Fsp3) is 0.952. The van der Waals surface area contributed by atoms with E-state index in [1.54, 1.807) is 0 Å². The van der Waals surface area contributed by atoms with Crippen LogP contribution in [0.2, 0.25) is 0 Å². The largest absolute Gasteiger partial charge is 0.472 e. The zero-order valence-electron chi connectivity index (χ0n) is 66.8. The number of carbonyl (C=O) groups is 4. The summed E-state index contributed by atoms with van der Waals surface area (Å²) in [5.74, 6) is -1.33. The van der Waals surface area contributed by atoms with Gasteiger partial charge in [0.15, 0.2) is 12.2 Å². The number of aliphatic hydroxyl groups is 1. The van der Waals surface area contributed by atoms with Crippen LogP contribution in [0.25, 0.3) is 0 Å². The van der Waals surface area contributed by atoms with Crippen LogP contribution in [0, 0.1) is 5.92 Å². The highest BCUT2D eigenvalue weighted by molar-refractivity contribution is 7.47. The van der Waals surface area contributed by atoms with Crippen molar-refractivity contribution in [1.82, 2.24) is 0 Å². The molecule has 0 aliphatic carbocycles. The zero-order valence-corrected chi connectivity index (χ0v) is 68.5. The molecule has 0 spiro atoms. The van der Waals surface area contributed by atoms with E-state index in [9.17, 15) is 43.2 Å². The minimum Gasteiger partial charge on any atom is -0.462 e. The van der Waals surface area contributed by atoms with Crippen LogP contribution in [-0.4, -0.2) is 96.7 Å². The molecule has 606 valence electrons. The first-order valence-electron chi connectivity index (χ1n) is 43.1. The number of rotatable bonds is 83. The fourth-order valence-corrected chi connectivity index (χ4v) is 14.5. The molecule has 0 aliphatic rings. The molecule has 102 heavy (non-hydrogen) atoms. The van der Waals surface area contributed by atoms with Gasteiger partial charge in [-0.2, -0.15) is 0 Å². The third-order valence-corrected chi connectivity index (χ3v) is 21.4. The van der Waals surface area contributed by atoms with Crippen molar-refractivity contribution in [1.29, 1.82) is 0 Å². The maximum absolute atomic E-state index is 13.1. The van der Waals surface area contributed by atoms with Gasteiger partial charge in [0.25, 0.3) is 0 Å². The second-order valence-corrected chi connectivity index (χ2v) is 33.3. The summed E-state index contributed by atoms with van der Waals surface area (Å²) in [6.45, 7) is 7.35. The number of hydrogen-bond donors (Lipinski definition) is 3. The molecule has 0 fully saturated rings. The Morgan fingerprint density at radius 1 is 0.265 bits per heavy atom. The third-order valence-electron chi connectivity index (χ3n) is 19.5. The Morgan fingerprint density at radius 3 is 0.667 bits per heavy atom. The summed E-state index contributed by atoms with van der Waals surface area (Å²) in [6.07, 6.45) is 68.0. The first-order chi connectivity index (χ1) is 49.5. The maximum atomic E-state index is 13.1. The molecule has 0 rings (SSSR count). The Morgan fingerprint density at radius 2 is 0.451 bits per heavy atom. The van der Waals surface area contributed by atoms with Crippen molar-refractivity contribution in [2.45, 2.75) is 464 Å². The van der Waals surface area contributed by atoms with Crippen molar-refractivity contribution in [2.24, 2.45) is 5.92 Å². The van der Waals surface area contributed by atoms with Gasteiger partial charge in [-0.05, 0) is 31.6 Å². The molecule has 5 atom stereocenters. The summed E-state index contributed by atoms with van der Waals surface area (Å²) >= 11 is 0. The smallest absolute Gasteiger partial charge is 0.462 e. The standard InChI is InChI=1S/C83H162O17P2/c1-6-9-12-15-18-21-24-26-28-30-32-34-36-38-43-48-53-58-63-68-82(87)100-79(73-94-81(86)67-62-57-52-47-42-37-35-33-31-29-27-25-22-19-16-13-10-7-2)75-98-102(91,92)96-71-77(84)70-95-101(89,90)97-74-78(72-93-80(85)66-61-56-51-46-23-20-17-14-11-8-3)99-83(88)69-64-59-54-49-44-40-39-41-45-50-55-60-65-76(4)5/h76-79,84H,6-75H2,1-5H3,(H,89,90)(H,91,92)/t77-,78+,79+/m0/s1. The average Bonchev–Trinajstić information content (AvgIpc) is 0.919. The molecule has 0 radical (unpaired) electrons. The average molecular weight is 1490 g/mol. The van der Waals surface area contributed by atoms with Crippen LogP contribution < -0.4 is 0 Å². The zero-order chi connectivity index (χ0) is 74.8.